The van der Waals surface area contributed by atoms with Gasteiger partial charge in [0.1, 0.15) is 5.82 Å². The number of hydrogen-bond acceptors (Lipinski definition) is 5. The van der Waals surface area contributed by atoms with Crippen LogP contribution in [0.2, 0.25) is 0 Å². The number of nitrogens with zero attached hydrogens (tertiary/aromatic N) is 4. The average Bonchev–Trinajstić information content (AvgIpc) is 3.28. The van der Waals surface area contributed by atoms with E-state index >= 15 is 0 Å². The van der Waals surface area contributed by atoms with Gasteiger partial charge in [-0.25, -0.2) is 9.18 Å². The van der Waals surface area contributed by atoms with Crippen LogP contribution >= 0.6 is 0 Å². The molecule has 10 heteroatoms. The third-order valence-corrected chi connectivity index (χ3v) is 5.11. The van der Waals surface area contributed by atoms with Crippen molar-refractivity contribution in [2.75, 3.05) is 13.2 Å². The van der Waals surface area contributed by atoms with E-state index < -0.39 is 18.1 Å². The predicted octanol–water partition coefficient (Wildman–Crippen LogP) is 3.55. The van der Waals surface area contributed by atoms with E-state index in [4.69, 9.17) is 9.15 Å². The quantitative estimate of drug-likeness (QED) is 0.498. The third kappa shape index (κ3) is 3.00. The van der Waals surface area contributed by atoms with E-state index in [0.717, 1.165) is 11.6 Å². The highest BCUT2D eigenvalue weighted by Crippen LogP contribution is 2.26. The molecule has 154 valence electrons. The molecule has 30 heavy (non-hydrogen) atoms. The smallest absolute Gasteiger partial charge is 0.329 e. The van der Waals surface area contributed by atoms with Crippen molar-refractivity contribution >= 4 is 11.0 Å². The molecule has 7 nitrogen and oxygen atoms in total. The molecule has 1 fully saturated rings. The minimum Gasteiger partial charge on any atom is -0.415 e. The Labute approximate surface area is 167 Å². The van der Waals surface area contributed by atoms with Crippen LogP contribution in [0.1, 0.15) is 23.9 Å². The lowest BCUT2D eigenvalue weighted by molar-refractivity contribution is -0.0231. The van der Waals surface area contributed by atoms with Gasteiger partial charge in [-0.1, -0.05) is 18.2 Å². The molecule has 4 aromatic rings. The molecule has 1 saturated heterocycles. The average molecular weight is 416 g/mol. The second kappa shape index (κ2) is 7.13. The Kier molecular flexibility index (Phi) is 4.43. The highest BCUT2D eigenvalue weighted by atomic mass is 19.3. The normalized spacial score (nSPS) is 14.5. The molecule has 0 radical (unpaired) electrons. The zero-order valence-corrected chi connectivity index (χ0v) is 15.5. The fourth-order valence-corrected chi connectivity index (χ4v) is 3.53. The monoisotopic (exact) mass is 416 g/mol. The van der Waals surface area contributed by atoms with Crippen LogP contribution in [0.15, 0.2) is 51.7 Å². The van der Waals surface area contributed by atoms with Crippen molar-refractivity contribution in [1.29, 1.82) is 0 Å². The number of benzene rings is 2. The largest absolute Gasteiger partial charge is 0.415 e. The molecule has 1 aliphatic heterocycles. The van der Waals surface area contributed by atoms with Crippen molar-refractivity contribution in [3.63, 3.8) is 0 Å². The SMILES string of the molecule is O=c1n(Cc2ccc(-c3nnc(C(F)F)o3)cc2F)c2ccccc2n1C1COC1. The Morgan fingerprint density at radius 3 is 2.50 bits per heavy atom. The maximum Gasteiger partial charge on any atom is 0.329 e. The lowest BCUT2D eigenvalue weighted by Gasteiger charge is -2.27. The van der Waals surface area contributed by atoms with Crippen LogP contribution < -0.4 is 5.69 Å². The summed E-state index contributed by atoms with van der Waals surface area (Å²) in [7, 11) is 0. The van der Waals surface area contributed by atoms with Gasteiger partial charge in [-0.05, 0) is 24.3 Å². The van der Waals surface area contributed by atoms with Gasteiger partial charge in [-0.2, -0.15) is 8.78 Å². The number of alkyl halides is 2. The second-order valence-electron chi connectivity index (χ2n) is 6.97. The first-order valence-corrected chi connectivity index (χ1v) is 9.21. The van der Waals surface area contributed by atoms with E-state index in [9.17, 15) is 18.0 Å². The first-order chi connectivity index (χ1) is 14.5. The summed E-state index contributed by atoms with van der Waals surface area (Å²) in [6.45, 7) is 0.932. The van der Waals surface area contributed by atoms with E-state index in [2.05, 4.69) is 10.2 Å². The van der Waals surface area contributed by atoms with Crippen LogP contribution in [-0.4, -0.2) is 32.5 Å². The van der Waals surface area contributed by atoms with Crippen LogP contribution in [-0.2, 0) is 11.3 Å². The molecule has 2 aromatic carbocycles. The molecule has 3 heterocycles. The van der Waals surface area contributed by atoms with Crippen LogP contribution in [0.25, 0.3) is 22.5 Å². The van der Waals surface area contributed by atoms with Crippen LogP contribution in [0.4, 0.5) is 13.2 Å². The minimum absolute atomic E-state index is 0.0121. The predicted molar refractivity (Wildman–Crippen MR) is 99.8 cm³/mol. The Morgan fingerprint density at radius 1 is 1.10 bits per heavy atom. The fraction of sp³-hybridized carbons (Fsp3) is 0.250. The van der Waals surface area contributed by atoms with Gasteiger partial charge in [-0.15, -0.1) is 10.2 Å². The highest BCUT2D eigenvalue weighted by Gasteiger charge is 2.26. The lowest BCUT2D eigenvalue weighted by Crippen LogP contribution is -2.38. The van der Waals surface area contributed by atoms with Crippen LogP contribution in [0.3, 0.4) is 0 Å². The lowest BCUT2D eigenvalue weighted by atomic mass is 10.1. The van der Waals surface area contributed by atoms with Gasteiger partial charge in [0.25, 0.3) is 5.89 Å². The van der Waals surface area contributed by atoms with E-state index in [0.29, 0.717) is 18.7 Å². The molecule has 0 atom stereocenters. The fourth-order valence-electron chi connectivity index (χ4n) is 3.53. The molecule has 0 saturated carbocycles. The summed E-state index contributed by atoms with van der Waals surface area (Å²) in [5.74, 6) is -1.64. The van der Waals surface area contributed by atoms with Gasteiger partial charge >= 0.3 is 12.1 Å². The van der Waals surface area contributed by atoms with Crippen molar-refractivity contribution in [2.45, 2.75) is 19.0 Å². The van der Waals surface area contributed by atoms with E-state index in [-0.39, 0.29) is 35.3 Å². The highest BCUT2D eigenvalue weighted by molar-refractivity contribution is 5.76. The Hall–Kier alpha value is -3.40. The van der Waals surface area contributed by atoms with Gasteiger partial charge in [0.05, 0.1) is 36.8 Å². The van der Waals surface area contributed by atoms with Gasteiger partial charge in [0, 0.05) is 11.1 Å². The molecule has 5 rings (SSSR count). The Balaban J connectivity index is 1.51. The van der Waals surface area contributed by atoms with E-state index in [1.54, 1.807) is 4.57 Å². The minimum atomic E-state index is -2.90. The number of para-hydroxylation sites is 2. The number of halogens is 3. The number of fused-ring (bicyclic) bond motifs is 1. The van der Waals surface area contributed by atoms with Crippen molar-refractivity contribution in [1.82, 2.24) is 19.3 Å². The first kappa shape index (κ1) is 18.6. The van der Waals surface area contributed by atoms with Gasteiger partial charge in [0.2, 0.25) is 5.89 Å². The van der Waals surface area contributed by atoms with Crippen LogP contribution in [0, 0.1) is 5.82 Å². The van der Waals surface area contributed by atoms with Crippen molar-refractivity contribution in [3.05, 3.63) is 70.2 Å². The summed E-state index contributed by atoms with van der Waals surface area (Å²) < 4.78 is 53.3. The molecular weight excluding hydrogens is 401 g/mol. The number of rotatable bonds is 5. The second-order valence-corrected chi connectivity index (χ2v) is 6.97. The number of aromatic nitrogens is 4. The van der Waals surface area contributed by atoms with E-state index in [1.165, 1.54) is 16.7 Å². The van der Waals surface area contributed by atoms with Crippen molar-refractivity contribution < 1.29 is 22.3 Å². The summed E-state index contributed by atoms with van der Waals surface area (Å²) in [6, 6.07) is 11.4. The maximum atomic E-state index is 14.8. The zero-order valence-electron chi connectivity index (χ0n) is 15.5. The molecular formula is C20H15F3N4O3. The molecule has 0 spiro atoms. The maximum absolute atomic E-state index is 14.8. The van der Waals surface area contributed by atoms with Gasteiger partial charge < -0.3 is 9.15 Å². The Bertz CT molecular complexity index is 1290. The molecule has 0 unspecified atom stereocenters. The summed E-state index contributed by atoms with van der Waals surface area (Å²) in [4.78, 5) is 13.0. The zero-order chi connectivity index (χ0) is 20.8. The Morgan fingerprint density at radius 2 is 1.87 bits per heavy atom. The van der Waals surface area contributed by atoms with Crippen LogP contribution in [0.5, 0.6) is 0 Å². The molecule has 0 N–H and O–H groups in total. The first-order valence-electron chi connectivity index (χ1n) is 9.21. The molecule has 0 bridgehead atoms. The third-order valence-electron chi connectivity index (χ3n) is 5.11. The summed E-state index contributed by atoms with van der Waals surface area (Å²) >= 11 is 0. The van der Waals surface area contributed by atoms with Gasteiger partial charge in [0.15, 0.2) is 0 Å². The number of hydrogen-bond donors (Lipinski definition) is 0. The number of ether oxygens (including phenoxy) is 1. The topological polar surface area (TPSA) is 75.1 Å². The van der Waals surface area contributed by atoms with Gasteiger partial charge in [-0.3, -0.25) is 9.13 Å². The molecule has 0 amide bonds. The van der Waals surface area contributed by atoms with Crippen molar-refractivity contribution in [2.24, 2.45) is 0 Å². The number of imidazole rings is 1. The van der Waals surface area contributed by atoms with Crippen molar-refractivity contribution in [3.8, 4) is 11.5 Å². The standard InChI is InChI=1S/C20H15F3N4O3/c21-14-7-11(18-24-25-19(30-18)17(22)23)5-6-12(14)8-26-15-3-1-2-4-16(15)27(20(26)28)13-9-29-10-13/h1-7,13,17H,8-10H2. The summed E-state index contributed by atoms with van der Waals surface area (Å²) in [5, 5.41) is 6.77. The molecule has 1 aliphatic rings. The summed E-state index contributed by atoms with van der Waals surface area (Å²) in [5.41, 5.74) is 1.65. The van der Waals surface area contributed by atoms with E-state index in [1.807, 2.05) is 24.3 Å². The molecule has 2 aromatic heterocycles. The molecule has 0 aliphatic carbocycles. The summed E-state index contributed by atoms with van der Waals surface area (Å²) in [6.07, 6.45) is -2.90.